The number of halogens is 1. The molecule has 2 amide bonds. The molecule has 0 bridgehead atoms. The van der Waals surface area contributed by atoms with E-state index in [4.69, 9.17) is 0 Å². The van der Waals surface area contributed by atoms with E-state index in [-0.39, 0.29) is 42.0 Å². The summed E-state index contributed by atoms with van der Waals surface area (Å²) in [5, 5.41) is 0. The number of carbonyl (C=O) groups excluding carboxylic acids is 2. The van der Waals surface area contributed by atoms with E-state index in [1.165, 1.54) is 24.5 Å². The fraction of sp³-hybridized carbons (Fsp3) is 0.579. The molecule has 29 heavy (non-hydrogen) atoms. The van der Waals surface area contributed by atoms with Crippen LogP contribution in [0.25, 0.3) is 0 Å². The monoisotopic (exact) mass is 444 g/mol. The minimum Gasteiger partial charge on any atom is -0.340 e. The number of likely N-dealkylation sites (N-methyl/N-ethyl adjacent to an activating group) is 1. The molecule has 3 rings (SSSR count). The molecule has 0 N–H and O–H groups in total. The Labute approximate surface area is 178 Å². The van der Waals surface area contributed by atoms with Gasteiger partial charge in [-0.2, -0.15) is 0 Å². The lowest BCUT2D eigenvalue weighted by atomic mass is 10.1. The number of benzene rings is 1. The lowest BCUT2D eigenvalue weighted by molar-refractivity contribution is -0.134. The molecule has 1 aromatic rings. The van der Waals surface area contributed by atoms with Crippen molar-refractivity contribution in [2.24, 2.45) is 0 Å². The molecule has 0 unspecified atom stereocenters. The second kappa shape index (κ2) is 9.42. The fourth-order valence-corrected chi connectivity index (χ4v) is 4.52. The Morgan fingerprint density at radius 2 is 1.62 bits per heavy atom. The number of piperazine rings is 1. The summed E-state index contributed by atoms with van der Waals surface area (Å²) >= 11 is 0. The second-order valence-corrected chi connectivity index (χ2v) is 9.71. The summed E-state index contributed by atoms with van der Waals surface area (Å²) in [6.45, 7) is 3.65. The minimum atomic E-state index is -3.50. The highest BCUT2D eigenvalue weighted by molar-refractivity contribution is 7.89. The smallest absolute Gasteiger partial charge is 0.242 e. The van der Waals surface area contributed by atoms with Gasteiger partial charge in [-0.1, -0.05) is 0 Å². The Balaban J connectivity index is 0.00000300. The molecule has 8 nitrogen and oxygen atoms in total. The number of hydrogen-bond acceptors (Lipinski definition) is 5. The Morgan fingerprint density at radius 1 is 1.00 bits per heavy atom. The molecule has 162 valence electrons. The van der Waals surface area contributed by atoms with Crippen LogP contribution in [0.1, 0.15) is 18.4 Å². The zero-order valence-electron chi connectivity index (χ0n) is 17.1. The van der Waals surface area contributed by atoms with E-state index in [2.05, 4.69) is 4.90 Å². The molecule has 0 aromatic heterocycles. The van der Waals surface area contributed by atoms with E-state index in [9.17, 15) is 18.0 Å². The molecule has 0 saturated carbocycles. The Hall–Kier alpha value is -1.68. The third-order valence-corrected chi connectivity index (χ3v) is 7.25. The maximum Gasteiger partial charge on any atom is 0.242 e. The number of nitrogens with zero attached hydrogens (tertiary/aromatic N) is 4. The molecule has 0 atom stereocenters. The van der Waals surface area contributed by atoms with Crippen LogP contribution in [0.5, 0.6) is 0 Å². The SMILES string of the molecule is CN1CCN(C(=O)CCC(=O)N2CCc3cc(S(=O)(=O)N(C)C)ccc32)CC1.Cl. The van der Waals surface area contributed by atoms with Gasteiger partial charge in [-0.15, -0.1) is 12.4 Å². The molecular weight excluding hydrogens is 416 g/mol. The van der Waals surface area contributed by atoms with Crippen LogP contribution in [0.3, 0.4) is 0 Å². The number of sulfonamides is 1. The Morgan fingerprint density at radius 3 is 2.24 bits per heavy atom. The number of rotatable bonds is 5. The third kappa shape index (κ3) is 5.09. The lowest BCUT2D eigenvalue weighted by Gasteiger charge is -2.32. The summed E-state index contributed by atoms with van der Waals surface area (Å²) in [4.78, 5) is 30.9. The molecule has 1 saturated heterocycles. The summed E-state index contributed by atoms with van der Waals surface area (Å²) in [6, 6.07) is 4.88. The van der Waals surface area contributed by atoms with Crippen molar-refractivity contribution in [3.63, 3.8) is 0 Å². The average Bonchev–Trinajstić information content (AvgIpc) is 3.09. The summed E-state index contributed by atoms with van der Waals surface area (Å²) in [5.41, 5.74) is 1.59. The summed E-state index contributed by atoms with van der Waals surface area (Å²) in [7, 11) is 1.53. The van der Waals surface area contributed by atoms with E-state index >= 15 is 0 Å². The molecule has 1 aromatic carbocycles. The van der Waals surface area contributed by atoms with Crippen molar-refractivity contribution in [1.82, 2.24) is 14.1 Å². The van der Waals surface area contributed by atoms with Gasteiger partial charge in [0.1, 0.15) is 0 Å². The molecule has 0 aliphatic carbocycles. The van der Waals surface area contributed by atoms with Gasteiger partial charge in [-0.25, -0.2) is 12.7 Å². The van der Waals surface area contributed by atoms with E-state index < -0.39 is 10.0 Å². The van der Waals surface area contributed by atoms with Crippen molar-refractivity contribution in [1.29, 1.82) is 0 Å². The van der Waals surface area contributed by atoms with Crippen LogP contribution in [0.15, 0.2) is 23.1 Å². The summed E-state index contributed by atoms with van der Waals surface area (Å²) in [5.74, 6) is -0.0715. The molecule has 0 radical (unpaired) electrons. The fourth-order valence-electron chi connectivity index (χ4n) is 3.57. The van der Waals surface area contributed by atoms with Crippen molar-refractivity contribution < 1.29 is 18.0 Å². The predicted molar refractivity (Wildman–Crippen MR) is 114 cm³/mol. The van der Waals surface area contributed by atoms with Gasteiger partial charge in [-0.05, 0) is 37.2 Å². The Bertz CT molecular complexity index is 867. The first kappa shape index (κ1) is 23.6. The molecule has 1 fully saturated rings. The number of anilines is 1. The van der Waals surface area contributed by atoms with Gasteiger partial charge in [0.25, 0.3) is 0 Å². The van der Waals surface area contributed by atoms with Crippen LogP contribution in [-0.2, 0) is 26.0 Å². The van der Waals surface area contributed by atoms with Crippen molar-refractivity contribution in [2.75, 3.05) is 58.8 Å². The number of amides is 2. The van der Waals surface area contributed by atoms with Gasteiger partial charge in [0.2, 0.25) is 21.8 Å². The molecule has 2 heterocycles. The topological polar surface area (TPSA) is 81.2 Å². The Kier molecular flexibility index (Phi) is 7.67. The van der Waals surface area contributed by atoms with Crippen LogP contribution in [0.4, 0.5) is 5.69 Å². The molecule has 0 spiro atoms. The number of fused-ring (bicyclic) bond motifs is 1. The first-order valence-corrected chi connectivity index (χ1v) is 11.0. The second-order valence-electron chi connectivity index (χ2n) is 7.56. The van der Waals surface area contributed by atoms with Crippen molar-refractivity contribution in [3.05, 3.63) is 23.8 Å². The van der Waals surface area contributed by atoms with Gasteiger partial charge in [-0.3, -0.25) is 9.59 Å². The zero-order chi connectivity index (χ0) is 20.5. The van der Waals surface area contributed by atoms with Crippen molar-refractivity contribution in [2.45, 2.75) is 24.2 Å². The van der Waals surface area contributed by atoms with Gasteiger partial charge >= 0.3 is 0 Å². The molecular formula is C19H29ClN4O4S. The molecule has 2 aliphatic heterocycles. The normalized spacial score (nSPS) is 17.2. The van der Waals surface area contributed by atoms with Gasteiger partial charge in [0.05, 0.1) is 4.90 Å². The highest BCUT2D eigenvalue weighted by Crippen LogP contribution is 2.31. The molecule has 2 aliphatic rings. The van der Waals surface area contributed by atoms with Crippen LogP contribution >= 0.6 is 12.4 Å². The maximum atomic E-state index is 12.7. The van der Waals surface area contributed by atoms with Crippen LogP contribution in [0, 0.1) is 0 Å². The average molecular weight is 445 g/mol. The molecule has 10 heteroatoms. The minimum absolute atomic E-state index is 0. The first-order chi connectivity index (χ1) is 13.2. The van der Waals surface area contributed by atoms with Gasteiger partial charge in [0.15, 0.2) is 0 Å². The van der Waals surface area contributed by atoms with Crippen LogP contribution in [0.2, 0.25) is 0 Å². The van der Waals surface area contributed by atoms with E-state index in [1.807, 2.05) is 11.9 Å². The summed E-state index contributed by atoms with van der Waals surface area (Å²) < 4.78 is 25.8. The number of carbonyl (C=O) groups is 2. The first-order valence-electron chi connectivity index (χ1n) is 9.52. The van der Waals surface area contributed by atoms with Crippen LogP contribution in [-0.4, -0.2) is 88.2 Å². The van der Waals surface area contributed by atoms with Crippen molar-refractivity contribution >= 4 is 39.9 Å². The summed E-state index contributed by atoms with van der Waals surface area (Å²) in [6.07, 6.45) is 0.994. The van der Waals surface area contributed by atoms with E-state index in [0.717, 1.165) is 24.3 Å². The van der Waals surface area contributed by atoms with Gasteiger partial charge in [0, 0.05) is 65.3 Å². The third-order valence-electron chi connectivity index (χ3n) is 5.43. The van der Waals surface area contributed by atoms with E-state index in [0.29, 0.717) is 26.1 Å². The van der Waals surface area contributed by atoms with Crippen LogP contribution < -0.4 is 4.90 Å². The highest BCUT2D eigenvalue weighted by Gasteiger charge is 2.28. The largest absolute Gasteiger partial charge is 0.340 e. The standard InChI is InChI=1S/C19H28N4O4S.ClH/c1-20(2)28(26,27)16-4-5-17-15(14-16)8-9-23(17)19(25)7-6-18(24)22-12-10-21(3)11-13-22;/h4-5,14H,6-13H2,1-3H3;1H. The zero-order valence-corrected chi connectivity index (χ0v) is 18.8. The maximum absolute atomic E-state index is 12.7. The number of hydrogen-bond donors (Lipinski definition) is 0. The van der Waals surface area contributed by atoms with Gasteiger partial charge < -0.3 is 14.7 Å². The lowest BCUT2D eigenvalue weighted by Crippen LogP contribution is -2.47. The predicted octanol–water partition coefficient (Wildman–Crippen LogP) is 0.802. The van der Waals surface area contributed by atoms with Crippen molar-refractivity contribution in [3.8, 4) is 0 Å². The highest BCUT2D eigenvalue weighted by atomic mass is 35.5. The van der Waals surface area contributed by atoms with E-state index in [1.54, 1.807) is 17.0 Å². The quantitative estimate of drug-likeness (QED) is 0.671.